The smallest absolute Gasteiger partial charge is 0.241 e. The number of likely N-dealkylation sites (N-methyl/N-ethyl adjacent to an activating group) is 2. The Bertz CT molecular complexity index is 1180. The molecule has 3 rings (SSSR count). The van der Waals surface area contributed by atoms with Gasteiger partial charge in [-0.2, -0.15) is 0 Å². The Morgan fingerprint density at radius 3 is 1.95 bits per heavy atom. The monoisotopic (exact) mass is 576 g/mol. The van der Waals surface area contributed by atoms with Gasteiger partial charge in [-0.25, -0.2) is 0 Å². The van der Waals surface area contributed by atoms with Crippen molar-refractivity contribution >= 4 is 11.6 Å². The molecule has 1 amide bonds. The van der Waals surface area contributed by atoms with Crippen molar-refractivity contribution in [3.63, 3.8) is 0 Å². The Hall–Kier alpha value is -3.59. The molecule has 0 spiro atoms. The molecule has 0 heterocycles. The van der Waals surface area contributed by atoms with Crippen LogP contribution in [0.2, 0.25) is 0 Å². The van der Waals surface area contributed by atoms with Crippen LogP contribution in [0.1, 0.15) is 38.8 Å². The van der Waals surface area contributed by atoms with Gasteiger partial charge < -0.3 is 35.1 Å². The summed E-state index contributed by atoms with van der Waals surface area (Å²) in [5.74, 6) is 1.77. The first-order valence-electron chi connectivity index (χ1n) is 15.1. The van der Waals surface area contributed by atoms with Gasteiger partial charge in [0.2, 0.25) is 5.91 Å². The molecule has 0 saturated carbocycles. The zero-order valence-electron chi connectivity index (χ0n) is 25.7. The predicted octanol–water partition coefficient (Wildman–Crippen LogP) is 5.22. The van der Waals surface area contributed by atoms with Gasteiger partial charge in [-0.1, -0.05) is 70.2 Å². The minimum atomic E-state index is -0.727. The van der Waals surface area contributed by atoms with E-state index in [0.717, 1.165) is 56.1 Å². The van der Waals surface area contributed by atoms with E-state index in [1.54, 1.807) is 0 Å². The number of carbonyl (C=O) groups is 1. The summed E-state index contributed by atoms with van der Waals surface area (Å²) in [7, 11) is 0. The average molecular weight is 577 g/mol. The van der Waals surface area contributed by atoms with E-state index in [9.17, 15) is 4.79 Å². The summed E-state index contributed by atoms with van der Waals surface area (Å²) in [4.78, 5) is 17.7. The Labute approximate surface area is 251 Å². The maximum atomic E-state index is 13.1. The van der Waals surface area contributed by atoms with Gasteiger partial charge in [0.05, 0.1) is 11.7 Å². The third kappa shape index (κ3) is 11.0. The van der Waals surface area contributed by atoms with E-state index < -0.39 is 6.04 Å². The molecule has 0 aliphatic heterocycles. The Morgan fingerprint density at radius 2 is 1.33 bits per heavy atom. The van der Waals surface area contributed by atoms with Gasteiger partial charge in [0.25, 0.3) is 0 Å². The summed E-state index contributed by atoms with van der Waals surface area (Å²) in [6, 6.07) is 22.5. The topological polar surface area (TPSA) is 89.3 Å². The highest BCUT2D eigenvalue weighted by Crippen LogP contribution is 2.30. The van der Waals surface area contributed by atoms with Gasteiger partial charge >= 0.3 is 0 Å². The molecule has 0 fully saturated rings. The molecule has 228 valence electrons. The maximum absolute atomic E-state index is 13.1. The van der Waals surface area contributed by atoms with Crippen molar-refractivity contribution in [3.05, 3.63) is 83.9 Å². The predicted molar refractivity (Wildman–Crippen MR) is 171 cm³/mol. The number of nitrogens with one attached hydrogen (secondary N) is 1. The number of rotatable bonds is 19. The fourth-order valence-corrected chi connectivity index (χ4v) is 4.51. The van der Waals surface area contributed by atoms with E-state index in [1.165, 1.54) is 0 Å². The lowest BCUT2D eigenvalue weighted by Gasteiger charge is -2.21. The molecule has 1 unspecified atom stereocenters. The van der Waals surface area contributed by atoms with E-state index >= 15 is 0 Å². The summed E-state index contributed by atoms with van der Waals surface area (Å²) in [5.41, 5.74) is 8.97. The van der Waals surface area contributed by atoms with Gasteiger partial charge in [0, 0.05) is 19.2 Å². The number of hydrogen-bond acceptors (Lipinski definition) is 7. The molecule has 0 bridgehead atoms. The molecular weight excluding hydrogens is 528 g/mol. The van der Waals surface area contributed by atoms with Crippen LogP contribution in [-0.4, -0.2) is 74.2 Å². The Balaban J connectivity index is 1.59. The second-order valence-corrected chi connectivity index (χ2v) is 10.1. The number of amides is 1. The largest absolute Gasteiger partial charge is 0.492 e. The van der Waals surface area contributed by atoms with Crippen LogP contribution in [0.5, 0.6) is 17.2 Å². The van der Waals surface area contributed by atoms with Crippen LogP contribution in [0.15, 0.2) is 72.8 Å². The van der Waals surface area contributed by atoms with Gasteiger partial charge in [-0.3, -0.25) is 4.79 Å². The molecule has 0 aliphatic rings. The first-order chi connectivity index (χ1) is 20.4. The average Bonchev–Trinajstić information content (AvgIpc) is 3.02. The number of anilines is 1. The van der Waals surface area contributed by atoms with Crippen molar-refractivity contribution in [2.75, 3.05) is 57.8 Å². The molecule has 0 aliphatic carbocycles. The minimum absolute atomic E-state index is 0.275. The van der Waals surface area contributed by atoms with Gasteiger partial charge in [-0.15, -0.1) is 0 Å². The molecule has 8 heteroatoms. The van der Waals surface area contributed by atoms with Crippen molar-refractivity contribution in [2.24, 2.45) is 5.73 Å². The fraction of sp³-hybridized carbons (Fsp3) is 0.441. The Morgan fingerprint density at radius 1 is 0.738 bits per heavy atom. The third-order valence-electron chi connectivity index (χ3n) is 7.31. The number of hydrogen-bond donors (Lipinski definition) is 2. The van der Waals surface area contributed by atoms with Crippen molar-refractivity contribution < 1.29 is 19.0 Å². The van der Waals surface area contributed by atoms with Crippen molar-refractivity contribution in [1.29, 1.82) is 0 Å². The zero-order valence-corrected chi connectivity index (χ0v) is 25.7. The standard InChI is InChI=1S/C34H48N4O4/c1-5-37(6-2)20-22-40-30-18-19-32(33(25-30)41-23-21-38(7-3)8-4)36-34(39)31(35)24-27-14-16-29(17-15-27)42-26-28-12-10-9-11-13-28/h9-19,25,31H,5-8,20-24,26,35H2,1-4H3,(H,36,39). The summed E-state index contributed by atoms with van der Waals surface area (Å²) in [6.45, 7) is 15.6. The van der Waals surface area contributed by atoms with E-state index in [1.807, 2.05) is 72.8 Å². The van der Waals surface area contributed by atoms with Gasteiger partial charge in [0.15, 0.2) is 0 Å². The SMILES string of the molecule is CCN(CC)CCOc1ccc(NC(=O)C(N)Cc2ccc(OCc3ccccc3)cc2)c(OCCN(CC)CC)c1. The zero-order chi connectivity index (χ0) is 30.2. The van der Waals surface area contributed by atoms with Crippen LogP contribution in [0.3, 0.4) is 0 Å². The van der Waals surface area contributed by atoms with Gasteiger partial charge in [-0.05, 0) is 68.0 Å². The number of ether oxygens (including phenoxy) is 3. The lowest BCUT2D eigenvalue weighted by molar-refractivity contribution is -0.117. The molecule has 42 heavy (non-hydrogen) atoms. The van der Waals surface area contributed by atoms with Crippen LogP contribution in [-0.2, 0) is 17.8 Å². The number of nitrogens with zero attached hydrogens (tertiary/aromatic N) is 2. The van der Waals surface area contributed by atoms with Crippen molar-refractivity contribution in [1.82, 2.24) is 9.80 Å². The summed E-state index contributed by atoms with van der Waals surface area (Å²) in [6.07, 6.45) is 0.398. The molecule has 0 radical (unpaired) electrons. The second kappa shape index (κ2) is 18.1. The van der Waals surface area contributed by atoms with E-state index in [0.29, 0.717) is 43.4 Å². The lowest BCUT2D eigenvalue weighted by Crippen LogP contribution is -2.37. The van der Waals surface area contributed by atoms with Crippen LogP contribution >= 0.6 is 0 Å². The summed E-state index contributed by atoms with van der Waals surface area (Å²) < 4.78 is 18.0. The summed E-state index contributed by atoms with van der Waals surface area (Å²) in [5, 5.41) is 2.98. The van der Waals surface area contributed by atoms with Crippen LogP contribution in [0, 0.1) is 0 Å². The highest BCUT2D eigenvalue weighted by Gasteiger charge is 2.17. The first-order valence-corrected chi connectivity index (χ1v) is 15.1. The van der Waals surface area contributed by atoms with Crippen LogP contribution in [0.4, 0.5) is 5.69 Å². The molecule has 0 saturated heterocycles. The Kier molecular flexibility index (Phi) is 14.2. The lowest BCUT2D eigenvalue weighted by atomic mass is 10.1. The summed E-state index contributed by atoms with van der Waals surface area (Å²) >= 11 is 0. The highest BCUT2D eigenvalue weighted by molar-refractivity contribution is 5.96. The second-order valence-electron chi connectivity index (χ2n) is 10.1. The maximum Gasteiger partial charge on any atom is 0.241 e. The van der Waals surface area contributed by atoms with E-state index in [-0.39, 0.29) is 5.91 Å². The van der Waals surface area contributed by atoms with Gasteiger partial charge in [0.1, 0.15) is 37.1 Å². The molecule has 8 nitrogen and oxygen atoms in total. The molecule has 1 atom stereocenters. The van der Waals surface area contributed by atoms with E-state index in [2.05, 4.69) is 42.8 Å². The van der Waals surface area contributed by atoms with Crippen molar-refractivity contribution in [3.8, 4) is 17.2 Å². The quantitative estimate of drug-likeness (QED) is 0.202. The first kappa shape index (κ1) is 32.9. The fourth-order valence-electron chi connectivity index (χ4n) is 4.51. The molecular formula is C34H48N4O4. The van der Waals surface area contributed by atoms with E-state index in [4.69, 9.17) is 19.9 Å². The number of carbonyl (C=O) groups excluding carboxylic acids is 1. The van der Waals surface area contributed by atoms with Crippen LogP contribution in [0.25, 0.3) is 0 Å². The normalized spacial score (nSPS) is 11.9. The third-order valence-corrected chi connectivity index (χ3v) is 7.31. The highest BCUT2D eigenvalue weighted by atomic mass is 16.5. The number of nitrogens with two attached hydrogens (primary N) is 1. The van der Waals surface area contributed by atoms with Crippen molar-refractivity contribution in [2.45, 2.75) is 46.8 Å². The molecule has 3 aromatic carbocycles. The van der Waals surface area contributed by atoms with Crippen LogP contribution < -0.4 is 25.3 Å². The molecule has 3 aromatic rings. The minimum Gasteiger partial charge on any atom is -0.492 e. The molecule has 0 aromatic heterocycles. The molecule has 3 N–H and O–H groups in total. The number of benzene rings is 3.